The number of halogens is 2. The number of rotatable bonds is 5. The molecule has 1 heterocycles. The minimum Gasteiger partial charge on any atom is -0.381 e. The van der Waals surface area contributed by atoms with Crippen LogP contribution < -0.4 is 5.32 Å². The van der Waals surface area contributed by atoms with Gasteiger partial charge >= 0.3 is 0 Å². The highest BCUT2D eigenvalue weighted by atomic mass is 35.5. The lowest BCUT2D eigenvalue weighted by atomic mass is 9.81. The summed E-state index contributed by atoms with van der Waals surface area (Å²) in [6, 6.07) is 5.01. The maximum Gasteiger partial charge on any atom is 0.142 e. The summed E-state index contributed by atoms with van der Waals surface area (Å²) in [7, 11) is 0. The van der Waals surface area contributed by atoms with Gasteiger partial charge in [-0.05, 0) is 31.0 Å². The molecule has 0 aliphatic carbocycles. The van der Waals surface area contributed by atoms with E-state index < -0.39 is 0 Å². The maximum absolute atomic E-state index is 13.5. The van der Waals surface area contributed by atoms with E-state index in [4.69, 9.17) is 16.3 Å². The third-order valence-electron chi connectivity index (χ3n) is 3.53. The van der Waals surface area contributed by atoms with Gasteiger partial charge in [0.25, 0.3) is 0 Å². The molecule has 1 aromatic carbocycles. The molecule has 0 radical (unpaired) electrons. The molecule has 2 nitrogen and oxygen atoms in total. The second-order valence-electron chi connectivity index (χ2n) is 4.97. The van der Waals surface area contributed by atoms with E-state index in [1.165, 1.54) is 6.07 Å². The van der Waals surface area contributed by atoms with Crippen molar-refractivity contribution in [2.45, 2.75) is 19.8 Å². The third kappa shape index (κ3) is 3.02. The molecule has 2 rings (SSSR count). The van der Waals surface area contributed by atoms with Crippen molar-refractivity contribution in [3.63, 3.8) is 0 Å². The van der Waals surface area contributed by atoms with Crippen LogP contribution in [0.5, 0.6) is 0 Å². The Kier molecular flexibility index (Phi) is 4.60. The zero-order valence-electron chi connectivity index (χ0n) is 10.6. The van der Waals surface area contributed by atoms with Gasteiger partial charge in [0.05, 0.1) is 11.6 Å². The van der Waals surface area contributed by atoms with Gasteiger partial charge in [-0.1, -0.05) is 30.7 Å². The summed E-state index contributed by atoms with van der Waals surface area (Å²) in [6.45, 7) is 5.39. The van der Waals surface area contributed by atoms with E-state index in [-0.39, 0.29) is 16.3 Å². The SMILES string of the molecule is CCNCC1(Cc2cccc(F)c2Cl)CCOC1. The van der Waals surface area contributed by atoms with E-state index in [0.29, 0.717) is 6.61 Å². The van der Waals surface area contributed by atoms with Crippen LogP contribution in [0.4, 0.5) is 4.39 Å². The van der Waals surface area contributed by atoms with Crippen molar-refractivity contribution >= 4 is 11.6 Å². The average Bonchev–Trinajstić information content (AvgIpc) is 2.82. The van der Waals surface area contributed by atoms with Crippen molar-refractivity contribution in [1.29, 1.82) is 0 Å². The number of ether oxygens (including phenoxy) is 1. The fraction of sp³-hybridized carbons (Fsp3) is 0.571. The summed E-state index contributed by atoms with van der Waals surface area (Å²) in [4.78, 5) is 0. The van der Waals surface area contributed by atoms with Crippen LogP contribution in [-0.4, -0.2) is 26.3 Å². The van der Waals surface area contributed by atoms with E-state index in [9.17, 15) is 4.39 Å². The average molecular weight is 272 g/mol. The van der Waals surface area contributed by atoms with E-state index >= 15 is 0 Å². The molecule has 1 aliphatic rings. The van der Waals surface area contributed by atoms with Crippen LogP contribution in [0.25, 0.3) is 0 Å². The summed E-state index contributed by atoms with van der Waals surface area (Å²) < 4.78 is 19.0. The topological polar surface area (TPSA) is 21.3 Å². The number of nitrogens with one attached hydrogen (secondary N) is 1. The summed E-state index contributed by atoms with van der Waals surface area (Å²) in [5.41, 5.74) is 0.924. The molecule has 0 saturated carbocycles. The summed E-state index contributed by atoms with van der Waals surface area (Å²) >= 11 is 6.03. The maximum atomic E-state index is 13.5. The van der Waals surface area contributed by atoms with E-state index in [0.717, 1.165) is 38.1 Å². The highest BCUT2D eigenvalue weighted by Crippen LogP contribution is 2.34. The molecule has 0 bridgehead atoms. The zero-order valence-corrected chi connectivity index (χ0v) is 11.4. The molecule has 1 aromatic rings. The smallest absolute Gasteiger partial charge is 0.142 e. The Morgan fingerprint density at radius 2 is 2.33 bits per heavy atom. The number of hydrogen-bond acceptors (Lipinski definition) is 2. The standard InChI is InChI=1S/C14H19ClFNO/c1-2-17-9-14(6-7-18-10-14)8-11-4-3-5-12(16)13(11)15/h3-5,17H,2,6-10H2,1H3. The minimum absolute atomic E-state index is 0.0491. The third-order valence-corrected chi connectivity index (χ3v) is 3.96. The Balaban J connectivity index is 2.15. The van der Waals surface area contributed by atoms with Crippen molar-refractivity contribution in [3.8, 4) is 0 Å². The lowest BCUT2D eigenvalue weighted by Crippen LogP contribution is -2.36. The lowest BCUT2D eigenvalue weighted by molar-refractivity contribution is 0.149. The monoisotopic (exact) mass is 271 g/mol. The summed E-state index contributed by atoms with van der Waals surface area (Å²) in [6.07, 6.45) is 1.75. The molecule has 18 heavy (non-hydrogen) atoms. The normalized spacial score (nSPS) is 23.5. The fourth-order valence-corrected chi connectivity index (χ4v) is 2.66. The van der Waals surface area contributed by atoms with Gasteiger partial charge in [0.1, 0.15) is 5.82 Å². The van der Waals surface area contributed by atoms with Crippen molar-refractivity contribution in [2.24, 2.45) is 5.41 Å². The van der Waals surface area contributed by atoms with Crippen LogP contribution in [0.15, 0.2) is 18.2 Å². The van der Waals surface area contributed by atoms with Crippen LogP contribution in [0, 0.1) is 11.2 Å². The first-order valence-corrected chi connectivity index (χ1v) is 6.76. The highest BCUT2D eigenvalue weighted by Gasteiger charge is 2.35. The van der Waals surface area contributed by atoms with Crippen molar-refractivity contribution in [1.82, 2.24) is 5.32 Å². The molecular weight excluding hydrogens is 253 g/mol. The second kappa shape index (κ2) is 6.00. The molecule has 100 valence electrons. The zero-order chi connectivity index (χ0) is 13.0. The van der Waals surface area contributed by atoms with Gasteiger partial charge in [-0.15, -0.1) is 0 Å². The van der Waals surface area contributed by atoms with Gasteiger partial charge in [0, 0.05) is 18.6 Å². The van der Waals surface area contributed by atoms with Crippen LogP contribution in [0.3, 0.4) is 0 Å². The lowest BCUT2D eigenvalue weighted by Gasteiger charge is -2.28. The first-order valence-electron chi connectivity index (χ1n) is 6.38. The van der Waals surface area contributed by atoms with E-state index in [1.54, 1.807) is 6.07 Å². The number of benzene rings is 1. The van der Waals surface area contributed by atoms with Gasteiger partial charge in [0.15, 0.2) is 0 Å². The van der Waals surface area contributed by atoms with Crippen molar-refractivity contribution in [3.05, 3.63) is 34.6 Å². The predicted molar refractivity (Wildman–Crippen MR) is 71.5 cm³/mol. The molecule has 1 unspecified atom stereocenters. The Morgan fingerprint density at radius 3 is 3.00 bits per heavy atom. The Labute approximate surface area is 112 Å². The molecule has 0 amide bonds. The van der Waals surface area contributed by atoms with Gasteiger partial charge in [-0.3, -0.25) is 0 Å². The van der Waals surface area contributed by atoms with Crippen molar-refractivity contribution < 1.29 is 9.13 Å². The molecule has 1 aliphatic heterocycles. The van der Waals surface area contributed by atoms with Crippen LogP contribution in [0.2, 0.25) is 5.02 Å². The van der Waals surface area contributed by atoms with Gasteiger partial charge in [-0.25, -0.2) is 4.39 Å². The first kappa shape index (κ1) is 13.8. The van der Waals surface area contributed by atoms with Gasteiger partial charge in [0.2, 0.25) is 0 Å². The summed E-state index contributed by atoms with van der Waals surface area (Å²) in [5, 5.41) is 3.62. The minimum atomic E-state index is -0.341. The Hall–Kier alpha value is -0.640. The molecule has 0 aromatic heterocycles. The predicted octanol–water partition coefficient (Wildman–Crippen LogP) is 3.04. The van der Waals surface area contributed by atoms with Crippen LogP contribution in [-0.2, 0) is 11.2 Å². The van der Waals surface area contributed by atoms with Gasteiger partial charge in [-0.2, -0.15) is 0 Å². The Morgan fingerprint density at radius 1 is 1.50 bits per heavy atom. The summed E-state index contributed by atoms with van der Waals surface area (Å²) in [5.74, 6) is -0.341. The van der Waals surface area contributed by atoms with Crippen molar-refractivity contribution in [2.75, 3.05) is 26.3 Å². The van der Waals surface area contributed by atoms with E-state index in [2.05, 4.69) is 12.2 Å². The molecule has 0 spiro atoms. The molecule has 1 N–H and O–H groups in total. The highest BCUT2D eigenvalue weighted by molar-refractivity contribution is 6.31. The molecule has 1 atom stereocenters. The Bertz CT molecular complexity index is 405. The van der Waals surface area contributed by atoms with E-state index in [1.807, 2.05) is 6.07 Å². The largest absolute Gasteiger partial charge is 0.381 e. The molecule has 4 heteroatoms. The van der Waals surface area contributed by atoms with Crippen LogP contribution in [0.1, 0.15) is 18.9 Å². The second-order valence-corrected chi connectivity index (χ2v) is 5.35. The quantitative estimate of drug-likeness (QED) is 0.889. The molecule has 1 fully saturated rings. The number of hydrogen-bond donors (Lipinski definition) is 1. The van der Waals surface area contributed by atoms with Crippen LogP contribution >= 0.6 is 11.6 Å². The van der Waals surface area contributed by atoms with Gasteiger partial charge < -0.3 is 10.1 Å². The fourth-order valence-electron chi connectivity index (χ4n) is 2.47. The first-order chi connectivity index (χ1) is 8.67. The molecule has 1 saturated heterocycles. The molecular formula is C14H19ClFNO.